The summed E-state index contributed by atoms with van der Waals surface area (Å²) in [7, 11) is 0. The molecule has 0 saturated carbocycles. The molecule has 0 aliphatic carbocycles. The van der Waals surface area contributed by atoms with Gasteiger partial charge in [-0.2, -0.15) is 0 Å². The van der Waals surface area contributed by atoms with Gasteiger partial charge in [0.2, 0.25) is 5.91 Å². The van der Waals surface area contributed by atoms with Crippen LogP contribution in [0.25, 0.3) is 11.4 Å². The predicted molar refractivity (Wildman–Crippen MR) is 111 cm³/mol. The third-order valence-corrected chi connectivity index (χ3v) is 5.67. The molecule has 0 bridgehead atoms. The number of amides is 1. The summed E-state index contributed by atoms with van der Waals surface area (Å²) in [5.41, 5.74) is 1.51. The van der Waals surface area contributed by atoms with Gasteiger partial charge in [-0.25, -0.2) is 0 Å². The molecule has 0 atom stereocenters. The maximum absolute atomic E-state index is 12.2. The number of thiophene rings is 1. The molecule has 0 fully saturated rings. The molecular weight excluding hydrogens is 398 g/mol. The average Bonchev–Trinajstić information content (AvgIpc) is 3.26. The minimum atomic E-state index is -0.479. The van der Waals surface area contributed by atoms with Crippen molar-refractivity contribution in [3.05, 3.63) is 50.7 Å². The van der Waals surface area contributed by atoms with Gasteiger partial charge in [0.05, 0.1) is 10.7 Å². The number of nitro benzene ring substituents is 1. The van der Waals surface area contributed by atoms with E-state index in [1.165, 1.54) is 40.9 Å². The third-order valence-electron chi connectivity index (χ3n) is 3.86. The first kappa shape index (κ1) is 20.0. The van der Waals surface area contributed by atoms with E-state index < -0.39 is 4.92 Å². The maximum Gasteiger partial charge on any atom is 0.269 e. The van der Waals surface area contributed by atoms with Crippen molar-refractivity contribution in [3.63, 3.8) is 0 Å². The van der Waals surface area contributed by atoms with E-state index in [9.17, 15) is 14.9 Å². The Morgan fingerprint density at radius 1 is 1.32 bits per heavy atom. The van der Waals surface area contributed by atoms with Crippen LogP contribution in [-0.2, 0) is 4.79 Å². The molecular formula is C18H19N5O3S2. The highest BCUT2D eigenvalue weighted by atomic mass is 32.2. The minimum absolute atomic E-state index is 0.0198. The van der Waals surface area contributed by atoms with Gasteiger partial charge < -0.3 is 5.32 Å². The summed E-state index contributed by atoms with van der Waals surface area (Å²) in [6.45, 7) is 6.14. The maximum atomic E-state index is 12.2. The number of aromatic nitrogens is 3. The highest BCUT2D eigenvalue weighted by molar-refractivity contribution is 7.99. The van der Waals surface area contributed by atoms with E-state index in [-0.39, 0.29) is 23.4 Å². The summed E-state index contributed by atoms with van der Waals surface area (Å²) in [6, 6.07) is 7.94. The average molecular weight is 418 g/mol. The number of carbonyl (C=O) groups excluding carboxylic acids is 1. The number of nitro groups is 1. The van der Waals surface area contributed by atoms with Crippen molar-refractivity contribution in [2.75, 3.05) is 11.1 Å². The number of rotatable bonds is 7. The van der Waals surface area contributed by atoms with Gasteiger partial charge in [0.25, 0.3) is 5.69 Å². The van der Waals surface area contributed by atoms with Crippen LogP contribution in [0.1, 0.15) is 24.8 Å². The van der Waals surface area contributed by atoms with Crippen LogP contribution < -0.4 is 5.32 Å². The number of non-ortho nitro benzene ring substituents is 1. The molecule has 28 heavy (non-hydrogen) atoms. The molecule has 1 amide bonds. The first-order chi connectivity index (χ1) is 13.3. The monoisotopic (exact) mass is 417 g/mol. The number of hydrogen-bond donors (Lipinski definition) is 1. The van der Waals surface area contributed by atoms with Gasteiger partial charge in [-0.1, -0.05) is 11.8 Å². The van der Waals surface area contributed by atoms with Crippen molar-refractivity contribution in [1.82, 2.24) is 14.8 Å². The zero-order chi connectivity index (χ0) is 20.3. The number of nitrogens with zero attached hydrogens (tertiary/aromatic N) is 4. The van der Waals surface area contributed by atoms with Crippen molar-refractivity contribution in [2.24, 2.45) is 0 Å². The van der Waals surface area contributed by atoms with Gasteiger partial charge in [0, 0.05) is 39.7 Å². The first-order valence-corrected chi connectivity index (χ1v) is 10.4. The number of aryl methyl sites for hydroxylation is 1. The van der Waals surface area contributed by atoms with E-state index in [0.717, 1.165) is 11.4 Å². The molecule has 0 radical (unpaired) electrons. The van der Waals surface area contributed by atoms with Gasteiger partial charge in [0.1, 0.15) is 0 Å². The largest absolute Gasteiger partial charge is 0.325 e. The van der Waals surface area contributed by atoms with Crippen LogP contribution in [0, 0.1) is 17.0 Å². The van der Waals surface area contributed by atoms with Crippen LogP contribution in [0.15, 0.2) is 40.9 Å². The van der Waals surface area contributed by atoms with Gasteiger partial charge in [0.15, 0.2) is 11.0 Å². The van der Waals surface area contributed by atoms with Gasteiger partial charge in [-0.15, -0.1) is 21.5 Å². The molecule has 1 aromatic carbocycles. The Morgan fingerprint density at radius 3 is 2.61 bits per heavy atom. The summed E-state index contributed by atoms with van der Waals surface area (Å²) in [6.07, 6.45) is 0. The van der Waals surface area contributed by atoms with Crippen LogP contribution >= 0.6 is 23.1 Å². The molecule has 1 N–H and O–H groups in total. The fourth-order valence-electron chi connectivity index (χ4n) is 2.59. The van der Waals surface area contributed by atoms with E-state index in [0.29, 0.717) is 10.8 Å². The van der Waals surface area contributed by atoms with Crippen LogP contribution in [0.2, 0.25) is 0 Å². The van der Waals surface area contributed by atoms with Crippen molar-refractivity contribution in [2.45, 2.75) is 32.0 Å². The second-order valence-electron chi connectivity index (χ2n) is 6.36. The lowest BCUT2D eigenvalue weighted by molar-refractivity contribution is -0.384. The molecule has 0 saturated heterocycles. The molecule has 146 valence electrons. The van der Waals surface area contributed by atoms with E-state index in [1.807, 2.05) is 30.7 Å². The summed E-state index contributed by atoms with van der Waals surface area (Å²) >= 11 is 2.96. The topological polar surface area (TPSA) is 103 Å². The van der Waals surface area contributed by atoms with Crippen molar-refractivity contribution in [1.29, 1.82) is 0 Å². The Balaban J connectivity index is 1.67. The highest BCUT2D eigenvalue weighted by Crippen LogP contribution is 2.30. The van der Waals surface area contributed by atoms with Crippen molar-refractivity contribution in [3.8, 4) is 11.4 Å². The van der Waals surface area contributed by atoms with Gasteiger partial charge in [-0.3, -0.25) is 19.5 Å². The lowest BCUT2D eigenvalue weighted by atomic mass is 10.3. The number of benzene rings is 1. The first-order valence-electron chi connectivity index (χ1n) is 8.52. The van der Waals surface area contributed by atoms with Crippen LogP contribution in [-0.4, -0.2) is 31.3 Å². The van der Waals surface area contributed by atoms with E-state index in [1.54, 1.807) is 11.3 Å². The molecule has 0 aliphatic heterocycles. The highest BCUT2D eigenvalue weighted by Gasteiger charge is 2.18. The molecule has 3 aromatic rings. The summed E-state index contributed by atoms with van der Waals surface area (Å²) < 4.78 is 2.02. The quantitative estimate of drug-likeness (QED) is 0.344. The standard InChI is InChI=1S/C18H19N5O3S2/c1-11(2)22-17(13-8-12(3)27-9-13)20-21-18(22)28-10-16(24)19-14-4-6-15(7-5-14)23(25)26/h4-9,11H,10H2,1-3H3,(H,19,24). The molecule has 10 heteroatoms. The molecule has 2 aromatic heterocycles. The summed E-state index contributed by atoms with van der Waals surface area (Å²) in [5, 5.41) is 24.7. The van der Waals surface area contributed by atoms with Crippen LogP contribution in [0.4, 0.5) is 11.4 Å². The lowest BCUT2D eigenvalue weighted by Gasteiger charge is -2.13. The number of carbonyl (C=O) groups is 1. The van der Waals surface area contributed by atoms with E-state index in [4.69, 9.17) is 0 Å². The second-order valence-corrected chi connectivity index (χ2v) is 8.41. The van der Waals surface area contributed by atoms with Crippen molar-refractivity contribution >= 4 is 40.4 Å². The Bertz CT molecular complexity index is 995. The molecule has 3 rings (SSSR count). The zero-order valence-corrected chi connectivity index (χ0v) is 17.2. The molecule has 0 aliphatic rings. The molecule has 8 nitrogen and oxygen atoms in total. The zero-order valence-electron chi connectivity index (χ0n) is 15.6. The summed E-state index contributed by atoms with van der Waals surface area (Å²) in [5.74, 6) is 0.729. The Morgan fingerprint density at radius 2 is 2.04 bits per heavy atom. The molecule has 2 heterocycles. The summed E-state index contributed by atoms with van der Waals surface area (Å²) in [4.78, 5) is 23.7. The Labute approximate surface area is 170 Å². The fraction of sp³-hybridized carbons (Fsp3) is 0.278. The van der Waals surface area contributed by atoms with Crippen LogP contribution in [0.3, 0.4) is 0 Å². The lowest BCUT2D eigenvalue weighted by Crippen LogP contribution is -2.15. The number of hydrogen-bond acceptors (Lipinski definition) is 7. The number of nitrogens with one attached hydrogen (secondary N) is 1. The smallest absolute Gasteiger partial charge is 0.269 e. The van der Waals surface area contributed by atoms with Crippen molar-refractivity contribution < 1.29 is 9.72 Å². The Hall–Kier alpha value is -2.72. The van der Waals surface area contributed by atoms with Gasteiger partial charge >= 0.3 is 0 Å². The third kappa shape index (κ3) is 4.57. The second kappa shape index (κ2) is 8.53. The van der Waals surface area contributed by atoms with E-state index >= 15 is 0 Å². The normalized spacial score (nSPS) is 11.0. The minimum Gasteiger partial charge on any atom is -0.325 e. The predicted octanol–water partition coefficient (Wildman–Crippen LogP) is 4.53. The van der Waals surface area contributed by atoms with Gasteiger partial charge in [-0.05, 0) is 39.0 Å². The Kier molecular flexibility index (Phi) is 6.10. The van der Waals surface area contributed by atoms with E-state index in [2.05, 4.69) is 21.6 Å². The van der Waals surface area contributed by atoms with Crippen LogP contribution in [0.5, 0.6) is 0 Å². The molecule has 0 spiro atoms. The SMILES string of the molecule is Cc1cc(-c2nnc(SCC(=O)Nc3ccc([N+](=O)[O-])cc3)n2C(C)C)cs1. The number of anilines is 1. The molecule has 0 unspecified atom stereocenters. The number of thioether (sulfide) groups is 1. The fourth-order valence-corrected chi connectivity index (χ4v) is 4.14.